The summed E-state index contributed by atoms with van der Waals surface area (Å²) in [6.45, 7) is 2.41. The number of amides is 2. The SMILES string of the molecule is O=C(c1ccc[nH]1)N1CCN(C(=O)[C@@H](c2ccccc2)C2CCCC2)CC1. The molecule has 2 amide bonds. The van der Waals surface area contributed by atoms with E-state index in [1.54, 1.807) is 12.3 Å². The molecule has 1 saturated carbocycles. The number of aromatic nitrogens is 1. The third-order valence-electron chi connectivity index (χ3n) is 6.00. The zero-order chi connectivity index (χ0) is 18.6. The highest BCUT2D eigenvalue weighted by atomic mass is 16.2. The number of hydrogen-bond acceptors (Lipinski definition) is 2. The second-order valence-electron chi connectivity index (χ2n) is 7.63. The number of benzene rings is 1. The van der Waals surface area contributed by atoms with Gasteiger partial charge in [0, 0.05) is 32.4 Å². The van der Waals surface area contributed by atoms with Crippen molar-refractivity contribution in [3.63, 3.8) is 0 Å². The smallest absolute Gasteiger partial charge is 0.270 e. The molecule has 1 aromatic heterocycles. The fraction of sp³-hybridized carbons (Fsp3) is 0.455. The Morgan fingerprint density at radius 2 is 1.56 bits per heavy atom. The van der Waals surface area contributed by atoms with Crippen LogP contribution in [-0.2, 0) is 4.79 Å². The third kappa shape index (κ3) is 3.77. The molecule has 1 N–H and O–H groups in total. The van der Waals surface area contributed by atoms with Crippen molar-refractivity contribution in [1.82, 2.24) is 14.8 Å². The predicted octanol–water partition coefficient (Wildman–Crippen LogP) is 3.27. The molecule has 1 aromatic carbocycles. The summed E-state index contributed by atoms with van der Waals surface area (Å²) in [7, 11) is 0. The first-order valence-electron chi connectivity index (χ1n) is 10.0. The van der Waals surface area contributed by atoms with Gasteiger partial charge in [-0.05, 0) is 36.5 Å². The Balaban J connectivity index is 1.44. The maximum absolute atomic E-state index is 13.4. The van der Waals surface area contributed by atoms with Gasteiger partial charge < -0.3 is 14.8 Å². The van der Waals surface area contributed by atoms with Gasteiger partial charge in [0.1, 0.15) is 5.69 Å². The van der Waals surface area contributed by atoms with E-state index in [9.17, 15) is 9.59 Å². The van der Waals surface area contributed by atoms with Crippen LogP contribution in [0.5, 0.6) is 0 Å². The Labute approximate surface area is 160 Å². The highest BCUT2D eigenvalue weighted by Gasteiger charge is 2.36. The first-order valence-corrected chi connectivity index (χ1v) is 10.0. The maximum atomic E-state index is 13.4. The van der Waals surface area contributed by atoms with Gasteiger partial charge in [-0.3, -0.25) is 9.59 Å². The summed E-state index contributed by atoms with van der Waals surface area (Å²) in [4.78, 5) is 32.7. The van der Waals surface area contributed by atoms with Crippen molar-refractivity contribution in [2.75, 3.05) is 26.2 Å². The molecule has 27 heavy (non-hydrogen) atoms. The third-order valence-corrected chi connectivity index (χ3v) is 6.00. The number of aromatic amines is 1. The van der Waals surface area contributed by atoms with E-state index < -0.39 is 0 Å². The van der Waals surface area contributed by atoms with Crippen molar-refractivity contribution in [2.45, 2.75) is 31.6 Å². The molecule has 0 bridgehead atoms. The Morgan fingerprint density at radius 1 is 0.889 bits per heavy atom. The van der Waals surface area contributed by atoms with E-state index >= 15 is 0 Å². The van der Waals surface area contributed by atoms with Gasteiger partial charge in [0.15, 0.2) is 0 Å². The molecule has 2 aliphatic rings. The molecule has 0 unspecified atom stereocenters. The molecule has 1 aliphatic carbocycles. The lowest BCUT2D eigenvalue weighted by molar-refractivity contribution is -0.135. The molecule has 1 saturated heterocycles. The highest BCUT2D eigenvalue weighted by Crippen LogP contribution is 2.38. The average Bonchev–Trinajstić information content (AvgIpc) is 3.43. The highest BCUT2D eigenvalue weighted by molar-refractivity contribution is 5.92. The summed E-state index contributed by atoms with van der Waals surface area (Å²) in [5, 5.41) is 0. The molecule has 5 nitrogen and oxygen atoms in total. The Morgan fingerprint density at radius 3 is 2.19 bits per heavy atom. The molecule has 0 spiro atoms. The molecule has 0 radical (unpaired) electrons. The average molecular weight is 365 g/mol. The maximum Gasteiger partial charge on any atom is 0.270 e. The summed E-state index contributed by atoms with van der Waals surface area (Å²) in [6, 6.07) is 13.9. The van der Waals surface area contributed by atoms with Gasteiger partial charge in [0.25, 0.3) is 5.91 Å². The fourth-order valence-electron chi connectivity index (χ4n) is 4.53. The van der Waals surface area contributed by atoms with Gasteiger partial charge in [-0.1, -0.05) is 43.2 Å². The normalized spacial score (nSPS) is 19.3. The van der Waals surface area contributed by atoms with E-state index in [0.29, 0.717) is 37.8 Å². The number of nitrogens with one attached hydrogen (secondary N) is 1. The topological polar surface area (TPSA) is 56.4 Å². The predicted molar refractivity (Wildman–Crippen MR) is 104 cm³/mol. The molecule has 1 atom stereocenters. The molecular weight excluding hydrogens is 338 g/mol. The minimum absolute atomic E-state index is 0.0162. The quantitative estimate of drug-likeness (QED) is 0.904. The number of rotatable bonds is 4. The fourth-order valence-corrected chi connectivity index (χ4v) is 4.53. The first kappa shape index (κ1) is 17.8. The van der Waals surface area contributed by atoms with Crippen LogP contribution in [0.4, 0.5) is 0 Å². The summed E-state index contributed by atoms with van der Waals surface area (Å²) >= 11 is 0. The number of carbonyl (C=O) groups is 2. The molecule has 2 fully saturated rings. The van der Waals surface area contributed by atoms with Gasteiger partial charge >= 0.3 is 0 Å². The van der Waals surface area contributed by atoms with Crippen molar-refractivity contribution in [3.8, 4) is 0 Å². The van der Waals surface area contributed by atoms with Gasteiger partial charge in [-0.2, -0.15) is 0 Å². The van der Waals surface area contributed by atoms with Crippen LogP contribution >= 0.6 is 0 Å². The number of nitrogens with zero attached hydrogens (tertiary/aromatic N) is 2. The molecule has 2 heterocycles. The largest absolute Gasteiger partial charge is 0.357 e. The zero-order valence-electron chi connectivity index (χ0n) is 15.6. The zero-order valence-corrected chi connectivity index (χ0v) is 15.6. The van der Waals surface area contributed by atoms with E-state index in [2.05, 4.69) is 17.1 Å². The van der Waals surface area contributed by atoms with Crippen molar-refractivity contribution in [3.05, 3.63) is 59.9 Å². The van der Waals surface area contributed by atoms with Crippen LogP contribution in [-0.4, -0.2) is 52.8 Å². The van der Waals surface area contributed by atoms with Crippen LogP contribution in [0.1, 0.15) is 47.7 Å². The second-order valence-corrected chi connectivity index (χ2v) is 7.63. The standard InChI is InChI=1S/C22H27N3O2/c26-21(19-11-6-12-23-19)24-13-15-25(16-14-24)22(27)20(18-9-4-5-10-18)17-7-2-1-3-8-17/h1-3,6-8,11-12,18,20,23H,4-5,9-10,13-16H2/t20-/m0/s1. The van der Waals surface area contributed by atoms with Gasteiger partial charge in [0.05, 0.1) is 5.92 Å². The van der Waals surface area contributed by atoms with Crippen LogP contribution in [0.3, 0.4) is 0 Å². The van der Waals surface area contributed by atoms with Crippen LogP contribution in [0, 0.1) is 5.92 Å². The monoisotopic (exact) mass is 365 g/mol. The number of H-pyrrole nitrogens is 1. The van der Waals surface area contributed by atoms with Crippen molar-refractivity contribution in [1.29, 1.82) is 0 Å². The number of hydrogen-bond donors (Lipinski definition) is 1. The minimum Gasteiger partial charge on any atom is -0.357 e. The van der Waals surface area contributed by atoms with Crippen molar-refractivity contribution >= 4 is 11.8 Å². The first-order chi connectivity index (χ1) is 13.2. The van der Waals surface area contributed by atoms with Crippen LogP contribution < -0.4 is 0 Å². The molecule has 4 rings (SSSR count). The van der Waals surface area contributed by atoms with Gasteiger partial charge in [0.2, 0.25) is 5.91 Å². The summed E-state index contributed by atoms with van der Waals surface area (Å²) in [5.74, 6) is 0.653. The van der Waals surface area contributed by atoms with Crippen LogP contribution in [0.25, 0.3) is 0 Å². The van der Waals surface area contributed by atoms with E-state index in [1.165, 1.54) is 12.8 Å². The minimum atomic E-state index is -0.0423. The lowest BCUT2D eigenvalue weighted by atomic mass is 9.83. The Bertz CT molecular complexity index is 758. The second kappa shape index (κ2) is 7.99. The van der Waals surface area contributed by atoms with E-state index in [1.807, 2.05) is 34.1 Å². The summed E-state index contributed by atoms with van der Waals surface area (Å²) < 4.78 is 0. The van der Waals surface area contributed by atoms with Crippen LogP contribution in [0.15, 0.2) is 48.7 Å². The van der Waals surface area contributed by atoms with Gasteiger partial charge in [-0.15, -0.1) is 0 Å². The molecular formula is C22H27N3O2. The van der Waals surface area contributed by atoms with Crippen molar-refractivity contribution < 1.29 is 9.59 Å². The lowest BCUT2D eigenvalue weighted by Crippen LogP contribution is -2.52. The van der Waals surface area contributed by atoms with Crippen molar-refractivity contribution in [2.24, 2.45) is 5.92 Å². The summed E-state index contributed by atoms with van der Waals surface area (Å²) in [5.41, 5.74) is 1.75. The van der Waals surface area contributed by atoms with Crippen LogP contribution in [0.2, 0.25) is 0 Å². The number of carbonyl (C=O) groups excluding carboxylic acids is 2. The lowest BCUT2D eigenvalue weighted by Gasteiger charge is -2.37. The Hall–Kier alpha value is -2.56. The summed E-state index contributed by atoms with van der Waals surface area (Å²) in [6.07, 6.45) is 6.48. The van der Waals surface area contributed by atoms with E-state index in [4.69, 9.17) is 0 Å². The molecule has 2 aromatic rings. The Kier molecular flexibility index (Phi) is 5.28. The van der Waals surface area contributed by atoms with E-state index in [-0.39, 0.29) is 17.7 Å². The van der Waals surface area contributed by atoms with E-state index in [0.717, 1.165) is 18.4 Å². The molecule has 5 heteroatoms. The van der Waals surface area contributed by atoms with Gasteiger partial charge in [-0.25, -0.2) is 0 Å². The molecule has 1 aliphatic heterocycles. The number of piperazine rings is 1. The molecule has 142 valence electrons.